The van der Waals surface area contributed by atoms with Crippen molar-refractivity contribution in [2.24, 2.45) is 5.41 Å². The second-order valence-electron chi connectivity index (χ2n) is 3.46. The number of aliphatic hydroxyl groups excluding tert-OH is 1. The first-order chi connectivity index (χ1) is 6.52. The summed E-state index contributed by atoms with van der Waals surface area (Å²) in [6.07, 6.45) is 0.404. The summed E-state index contributed by atoms with van der Waals surface area (Å²) in [5.41, 5.74) is -0.936. The van der Waals surface area contributed by atoms with E-state index in [2.05, 4.69) is 5.32 Å². The van der Waals surface area contributed by atoms with Crippen molar-refractivity contribution >= 4 is 5.91 Å². The molecule has 0 heterocycles. The molecule has 0 aliphatic heterocycles. The highest BCUT2D eigenvalue weighted by Gasteiger charge is 2.34. The number of nitriles is 1. The van der Waals surface area contributed by atoms with Gasteiger partial charge < -0.3 is 10.4 Å². The Labute approximate surface area is 84.9 Å². The van der Waals surface area contributed by atoms with Crippen LogP contribution < -0.4 is 5.32 Å². The van der Waals surface area contributed by atoms with E-state index in [0.29, 0.717) is 12.8 Å². The number of carbonyl (C=O) groups excluding carboxylic acids is 1. The SMILES string of the molecule is CCC(C#N)(CC)C(=O)NC[C@@H](C)O. The van der Waals surface area contributed by atoms with Crippen molar-refractivity contribution in [2.75, 3.05) is 6.54 Å². The lowest BCUT2D eigenvalue weighted by molar-refractivity contribution is -0.128. The maximum atomic E-state index is 11.6. The predicted molar refractivity (Wildman–Crippen MR) is 53.3 cm³/mol. The monoisotopic (exact) mass is 198 g/mol. The lowest BCUT2D eigenvalue weighted by atomic mass is 9.83. The number of nitrogens with zero attached hydrogens (tertiary/aromatic N) is 1. The van der Waals surface area contributed by atoms with Gasteiger partial charge in [-0.3, -0.25) is 4.79 Å². The van der Waals surface area contributed by atoms with E-state index in [1.165, 1.54) is 0 Å². The minimum absolute atomic E-state index is 0.197. The molecule has 80 valence electrons. The van der Waals surface area contributed by atoms with Gasteiger partial charge in [0.1, 0.15) is 5.41 Å². The molecule has 4 heteroatoms. The number of hydrogen-bond acceptors (Lipinski definition) is 3. The van der Waals surface area contributed by atoms with E-state index in [-0.39, 0.29) is 12.5 Å². The molecular weight excluding hydrogens is 180 g/mol. The lowest BCUT2D eigenvalue weighted by Crippen LogP contribution is -2.42. The molecule has 0 saturated carbocycles. The Hall–Kier alpha value is -1.08. The molecule has 2 N–H and O–H groups in total. The maximum Gasteiger partial charge on any atom is 0.240 e. The highest BCUT2D eigenvalue weighted by molar-refractivity contribution is 5.85. The van der Waals surface area contributed by atoms with Gasteiger partial charge in [0.05, 0.1) is 12.2 Å². The third kappa shape index (κ3) is 3.00. The number of carbonyl (C=O) groups is 1. The number of amides is 1. The number of rotatable bonds is 5. The van der Waals surface area contributed by atoms with Crippen LogP contribution in [0.15, 0.2) is 0 Å². The summed E-state index contributed by atoms with van der Waals surface area (Å²) in [4.78, 5) is 11.6. The Morgan fingerprint density at radius 2 is 2.07 bits per heavy atom. The van der Waals surface area contributed by atoms with E-state index in [9.17, 15) is 4.79 Å². The number of aliphatic hydroxyl groups is 1. The van der Waals surface area contributed by atoms with Gasteiger partial charge in [-0.15, -0.1) is 0 Å². The molecule has 0 fully saturated rings. The largest absolute Gasteiger partial charge is 0.392 e. The van der Waals surface area contributed by atoms with Crippen LogP contribution in [0.1, 0.15) is 33.6 Å². The zero-order valence-electron chi connectivity index (χ0n) is 9.00. The highest BCUT2D eigenvalue weighted by atomic mass is 16.3. The van der Waals surface area contributed by atoms with Crippen LogP contribution in [-0.2, 0) is 4.79 Å². The Balaban J connectivity index is 4.40. The van der Waals surface area contributed by atoms with E-state index >= 15 is 0 Å². The molecule has 0 aromatic carbocycles. The van der Waals surface area contributed by atoms with Crippen LogP contribution in [-0.4, -0.2) is 23.7 Å². The number of hydrogen-bond donors (Lipinski definition) is 2. The average molecular weight is 198 g/mol. The normalized spacial score (nSPS) is 13.1. The molecule has 1 atom stereocenters. The molecule has 0 rings (SSSR count). The van der Waals surface area contributed by atoms with Gasteiger partial charge in [0.15, 0.2) is 0 Å². The topological polar surface area (TPSA) is 73.1 Å². The van der Waals surface area contributed by atoms with Gasteiger partial charge in [0.25, 0.3) is 0 Å². The number of nitrogens with one attached hydrogen (secondary N) is 1. The average Bonchev–Trinajstić information content (AvgIpc) is 2.18. The lowest BCUT2D eigenvalue weighted by Gasteiger charge is -2.22. The third-order valence-electron chi connectivity index (χ3n) is 2.41. The molecule has 1 amide bonds. The Bertz CT molecular complexity index is 227. The molecule has 0 aromatic heterocycles. The van der Waals surface area contributed by atoms with Gasteiger partial charge in [-0.2, -0.15) is 5.26 Å². The first-order valence-electron chi connectivity index (χ1n) is 4.90. The molecule has 0 bridgehead atoms. The second-order valence-corrected chi connectivity index (χ2v) is 3.46. The molecule has 0 radical (unpaired) electrons. The van der Waals surface area contributed by atoms with Crippen molar-refractivity contribution < 1.29 is 9.90 Å². The third-order valence-corrected chi connectivity index (χ3v) is 2.41. The molecule has 0 aliphatic carbocycles. The fourth-order valence-electron chi connectivity index (χ4n) is 1.19. The van der Waals surface area contributed by atoms with Crippen molar-refractivity contribution in [3.8, 4) is 6.07 Å². The van der Waals surface area contributed by atoms with Crippen LogP contribution in [0.2, 0.25) is 0 Å². The molecular formula is C10H18N2O2. The van der Waals surface area contributed by atoms with Gasteiger partial charge in [-0.05, 0) is 19.8 Å². The van der Waals surface area contributed by atoms with Crippen molar-refractivity contribution in [3.05, 3.63) is 0 Å². The van der Waals surface area contributed by atoms with Gasteiger partial charge in [0.2, 0.25) is 5.91 Å². The smallest absolute Gasteiger partial charge is 0.240 e. The molecule has 0 saturated heterocycles. The molecule has 0 aliphatic rings. The predicted octanol–water partition coefficient (Wildman–Crippen LogP) is 0.813. The standard InChI is InChI=1S/C10H18N2O2/c1-4-10(5-2,7-11)9(14)12-6-8(3)13/h8,13H,4-6H2,1-3H3,(H,12,14)/t8-/m1/s1. The zero-order chi connectivity index (χ0) is 11.2. The summed E-state index contributed by atoms with van der Waals surface area (Å²) < 4.78 is 0. The van der Waals surface area contributed by atoms with Crippen LogP contribution in [0.25, 0.3) is 0 Å². The Kier molecular flexibility index (Phi) is 5.18. The van der Waals surface area contributed by atoms with Crippen molar-refractivity contribution in [1.82, 2.24) is 5.32 Å². The minimum atomic E-state index is -0.936. The van der Waals surface area contributed by atoms with Crippen molar-refractivity contribution in [1.29, 1.82) is 5.26 Å². The van der Waals surface area contributed by atoms with E-state index in [0.717, 1.165) is 0 Å². The first kappa shape index (κ1) is 12.9. The summed E-state index contributed by atoms with van der Waals surface area (Å²) in [7, 11) is 0. The minimum Gasteiger partial charge on any atom is -0.392 e. The summed E-state index contributed by atoms with van der Waals surface area (Å²) in [5.74, 6) is -0.286. The molecule has 4 nitrogen and oxygen atoms in total. The summed E-state index contributed by atoms with van der Waals surface area (Å²) in [6.45, 7) is 5.41. The van der Waals surface area contributed by atoms with Crippen LogP contribution >= 0.6 is 0 Å². The van der Waals surface area contributed by atoms with E-state index in [4.69, 9.17) is 10.4 Å². The van der Waals surface area contributed by atoms with Crippen LogP contribution in [0.5, 0.6) is 0 Å². The molecule has 0 unspecified atom stereocenters. The quantitative estimate of drug-likeness (QED) is 0.686. The maximum absolute atomic E-state index is 11.6. The zero-order valence-corrected chi connectivity index (χ0v) is 9.00. The second kappa shape index (κ2) is 5.61. The highest BCUT2D eigenvalue weighted by Crippen LogP contribution is 2.25. The molecule has 14 heavy (non-hydrogen) atoms. The van der Waals surface area contributed by atoms with E-state index in [1.807, 2.05) is 19.9 Å². The molecule has 0 aromatic rings. The van der Waals surface area contributed by atoms with Crippen LogP contribution in [0.4, 0.5) is 0 Å². The van der Waals surface area contributed by atoms with Gasteiger partial charge in [-0.1, -0.05) is 13.8 Å². The fourth-order valence-corrected chi connectivity index (χ4v) is 1.19. The van der Waals surface area contributed by atoms with Crippen molar-refractivity contribution in [3.63, 3.8) is 0 Å². The van der Waals surface area contributed by atoms with Gasteiger partial charge in [-0.25, -0.2) is 0 Å². The fraction of sp³-hybridized carbons (Fsp3) is 0.800. The summed E-state index contributed by atoms with van der Waals surface area (Å²) >= 11 is 0. The van der Waals surface area contributed by atoms with Crippen molar-refractivity contribution in [2.45, 2.75) is 39.7 Å². The van der Waals surface area contributed by atoms with Crippen LogP contribution in [0.3, 0.4) is 0 Å². The van der Waals surface area contributed by atoms with Crippen LogP contribution in [0, 0.1) is 16.7 Å². The van der Waals surface area contributed by atoms with E-state index in [1.54, 1.807) is 6.92 Å². The Morgan fingerprint density at radius 3 is 2.36 bits per heavy atom. The summed E-state index contributed by atoms with van der Waals surface area (Å²) in [6, 6.07) is 2.04. The Morgan fingerprint density at radius 1 is 1.57 bits per heavy atom. The summed E-state index contributed by atoms with van der Waals surface area (Å²) in [5, 5.41) is 20.5. The van der Waals surface area contributed by atoms with Gasteiger partial charge >= 0.3 is 0 Å². The van der Waals surface area contributed by atoms with Gasteiger partial charge in [0, 0.05) is 6.54 Å². The molecule has 0 spiro atoms. The first-order valence-corrected chi connectivity index (χ1v) is 4.90. The van der Waals surface area contributed by atoms with E-state index < -0.39 is 11.5 Å².